The van der Waals surface area contributed by atoms with Crippen LogP contribution in [-0.2, 0) is 20.8 Å². The molecule has 10 nitrogen and oxygen atoms in total. The highest BCUT2D eigenvalue weighted by Crippen LogP contribution is 2.04. The van der Waals surface area contributed by atoms with E-state index in [0.29, 0.717) is 25.1 Å². The van der Waals surface area contributed by atoms with Gasteiger partial charge in [-0.2, -0.15) is 0 Å². The maximum atomic E-state index is 12.4. The summed E-state index contributed by atoms with van der Waals surface area (Å²) in [7, 11) is 0. The first-order valence-electron chi connectivity index (χ1n) is 8.12. The van der Waals surface area contributed by atoms with Gasteiger partial charge in [0.1, 0.15) is 13.5 Å². The molecule has 0 saturated carbocycles. The molecule has 0 bridgehead atoms. The molecule has 0 fully saturated rings. The van der Waals surface area contributed by atoms with Crippen LogP contribution in [0.2, 0.25) is 1.41 Å². The molecule has 0 aliphatic heterocycles. The van der Waals surface area contributed by atoms with E-state index in [2.05, 4.69) is 20.6 Å². The Hall–Kier alpha value is -2.46. The fraction of sp³-hybridized carbons (Fsp3) is 0.571. The number of nitrogens with zero attached hydrogens (tertiary/aromatic N) is 1. The number of nitrogens with two attached hydrogens (primary N) is 2. The number of imidazole rings is 1. The lowest BCUT2D eigenvalue weighted by Crippen LogP contribution is -2.53. The van der Waals surface area contributed by atoms with Crippen LogP contribution in [0.3, 0.4) is 0 Å². The second-order valence-corrected chi connectivity index (χ2v) is 5.26. The zero-order valence-electron chi connectivity index (χ0n) is 14.2. The summed E-state index contributed by atoms with van der Waals surface area (Å²) in [6.45, 7) is 0.157. The Kier molecular flexibility index (Phi) is 7.71. The average molecular weight is 341 g/mol. The van der Waals surface area contributed by atoms with Crippen molar-refractivity contribution in [3.05, 3.63) is 18.2 Å². The largest absolute Gasteiger partial charge is 0.480 e. The minimum Gasteiger partial charge on any atom is -0.480 e. The lowest BCUT2D eigenvalue weighted by molar-refractivity contribution is -0.142. The minimum absolute atomic E-state index is 0.116. The van der Waals surface area contributed by atoms with Crippen LogP contribution in [-0.4, -0.2) is 58.0 Å². The number of carboxylic acid groups (broad SMARTS) is 1. The summed E-state index contributed by atoms with van der Waals surface area (Å²) in [5.74, 6) is -2.32. The van der Waals surface area contributed by atoms with Crippen molar-refractivity contribution in [2.24, 2.45) is 11.5 Å². The third-order valence-electron chi connectivity index (χ3n) is 3.35. The van der Waals surface area contributed by atoms with Gasteiger partial charge in [0.25, 0.3) is 0 Å². The molecule has 0 aliphatic carbocycles. The molecule has 0 unspecified atom stereocenters. The molecule has 0 aliphatic rings. The number of aromatic amines is 1. The summed E-state index contributed by atoms with van der Waals surface area (Å²) in [5.41, 5.74) is 7.94. The highest BCUT2D eigenvalue weighted by Gasteiger charge is 2.26. The van der Waals surface area contributed by atoms with Crippen molar-refractivity contribution in [2.75, 3.05) is 13.1 Å². The van der Waals surface area contributed by atoms with Crippen molar-refractivity contribution in [1.82, 2.24) is 20.6 Å². The summed E-state index contributed by atoms with van der Waals surface area (Å²) in [6, 6.07) is -2.05. The van der Waals surface area contributed by atoms with E-state index in [1.165, 1.54) is 12.5 Å². The van der Waals surface area contributed by atoms with Crippen LogP contribution in [0.1, 0.15) is 25.0 Å². The first-order valence-corrected chi connectivity index (χ1v) is 7.62. The fourth-order valence-corrected chi connectivity index (χ4v) is 2.09. The normalized spacial score (nSPS) is 13.6. The number of aliphatic carboxylic acids is 1. The predicted molar refractivity (Wildman–Crippen MR) is 85.7 cm³/mol. The summed E-state index contributed by atoms with van der Waals surface area (Å²) in [4.78, 5) is 42.1. The lowest BCUT2D eigenvalue weighted by atomic mass is 10.1. The van der Waals surface area contributed by atoms with Crippen molar-refractivity contribution < 1.29 is 20.9 Å². The van der Waals surface area contributed by atoms with Crippen LogP contribution >= 0.6 is 0 Å². The van der Waals surface area contributed by atoms with Gasteiger partial charge in [-0.25, -0.2) is 9.78 Å². The number of hydrogen-bond donors (Lipinski definition) is 6. The first kappa shape index (κ1) is 17.9. The van der Waals surface area contributed by atoms with Crippen LogP contribution in [0.15, 0.2) is 12.5 Å². The Morgan fingerprint density at radius 1 is 1.33 bits per heavy atom. The monoisotopic (exact) mass is 341 g/mol. The van der Waals surface area contributed by atoms with Crippen molar-refractivity contribution in [2.45, 2.75) is 37.8 Å². The van der Waals surface area contributed by atoms with Gasteiger partial charge in [-0.05, 0) is 25.8 Å². The van der Waals surface area contributed by atoms with Gasteiger partial charge in [-0.3, -0.25) is 9.59 Å². The number of carboxylic acids is 1. The van der Waals surface area contributed by atoms with E-state index in [0.717, 1.165) is 0 Å². The number of H-pyrrole nitrogens is 1. The number of carbonyl (C=O) groups excluding carboxylic acids is 2. The van der Waals surface area contributed by atoms with E-state index in [1.54, 1.807) is 0 Å². The molecule has 10 heteroatoms. The van der Waals surface area contributed by atoms with Crippen LogP contribution in [0, 0.1) is 0 Å². The molecule has 2 atom stereocenters. The molecule has 2 amide bonds. The van der Waals surface area contributed by atoms with E-state index in [-0.39, 0.29) is 19.4 Å². The number of hydrogen-bond acceptors (Lipinski definition) is 6. The molecule has 134 valence electrons. The molecule has 1 heterocycles. The van der Waals surface area contributed by atoms with Gasteiger partial charge in [0.15, 0.2) is 0 Å². The third kappa shape index (κ3) is 6.75. The van der Waals surface area contributed by atoms with Crippen LogP contribution in [0.5, 0.6) is 0 Å². The summed E-state index contributed by atoms with van der Waals surface area (Å²) >= 11 is 0. The topological polar surface area (TPSA) is 176 Å². The van der Waals surface area contributed by atoms with Gasteiger partial charge in [0.05, 0.1) is 12.9 Å². The number of nitrogens with one attached hydrogen (secondary N) is 3. The molecule has 1 aromatic heterocycles. The Morgan fingerprint density at radius 3 is 2.71 bits per heavy atom. The van der Waals surface area contributed by atoms with E-state index in [1.807, 2.05) is 5.73 Å². The number of unbranched alkanes of at least 4 members (excludes halogenated alkanes) is 1. The van der Waals surface area contributed by atoms with E-state index >= 15 is 0 Å². The zero-order valence-corrected chi connectivity index (χ0v) is 13.2. The quantitative estimate of drug-likeness (QED) is 0.240. The standard InChI is InChI=1S/C14H24N6O4/c15-4-2-1-3-10(14(23)24)20-13(22)11(19-12(21)6-16)5-9-7-17-8-18-9/h7-8,10-11H,1-6,15-16H2,(H,17,18)(H,19,21)(H,20,22)(H,23,24)/t10-,11-/m0/s1/i/hD. The Morgan fingerprint density at radius 2 is 2.12 bits per heavy atom. The number of rotatable bonds is 12. The fourth-order valence-electron chi connectivity index (χ4n) is 2.09. The molecule has 8 N–H and O–H groups in total. The van der Waals surface area contributed by atoms with Crippen LogP contribution < -0.4 is 22.1 Å². The molecule has 0 aromatic carbocycles. The maximum absolute atomic E-state index is 12.4. The second-order valence-electron chi connectivity index (χ2n) is 5.26. The van der Waals surface area contributed by atoms with E-state index in [4.69, 9.17) is 7.15 Å². The maximum Gasteiger partial charge on any atom is 0.326 e. The summed E-state index contributed by atoms with van der Waals surface area (Å²) in [6.07, 6.45) is 4.52. The third-order valence-corrected chi connectivity index (χ3v) is 3.35. The van der Waals surface area contributed by atoms with Crippen molar-refractivity contribution in [3.63, 3.8) is 0 Å². The molecular formula is C14H24N6O4. The highest BCUT2D eigenvalue weighted by molar-refractivity contribution is 5.90. The average Bonchev–Trinajstić information content (AvgIpc) is 3.06. The smallest absolute Gasteiger partial charge is 0.326 e. The van der Waals surface area contributed by atoms with Crippen molar-refractivity contribution >= 4 is 17.8 Å². The Labute approximate surface area is 140 Å². The van der Waals surface area contributed by atoms with Gasteiger partial charge in [0, 0.05) is 18.3 Å². The molecule has 1 aromatic rings. The van der Waals surface area contributed by atoms with Gasteiger partial charge in [0.2, 0.25) is 11.8 Å². The van der Waals surface area contributed by atoms with Gasteiger partial charge < -0.3 is 32.2 Å². The van der Waals surface area contributed by atoms with Crippen LogP contribution in [0.4, 0.5) is 0 Å². The SMILES string of the molecule is [2H]NCC(=O)N[C@@H](Cc1cnc[nH]1)C(=O)N[C@@H](CCCCN)C(=O)O. The Bertz CT molecular complexity index is 554. The number of carbonyl (C=O) groups is 3. The predicted octanol–water partition coefficient (Wildman–Crippen LogP) is -1.91. The van der Waals surface area contributed by atoms with Gasteiger partial charge in [-0.15, -0.1) is 0 Å². The molecule has 0 saturated heterocycles. The summed E-state index contributed by atoms with van der Waals surface area (Å²) in [5, 5.41) is 14.2. The number of amides is 2. The zero-order chi connectivity index (χ0) is 18.7. The van der Waals surface area contributed by atoms with E-state index < -0.39 is 29.9 Å². The van der Waals surface area contributed by atoms with E-state index in [9.17, 15) is 19.5 Å². The molecular weight excluding hydrogens is 316 g/mol. The molecule has 24 heavy (non-hydrogen) atoms. The van der Waals surface area contributed by atoms with Crippen molar-refractivity contribution in [1.29, 1.82) is 0 Å². The summed E-state index contributed by atoms with van der Waals surface area (Å²) < 4.78 is 6.83. The minimum atomic E-state index is -1.15. The number of aromatic nitrogens is 2. The molecule has 1 rings (SSSR count). The second kappa shape index (κ2) is 10.3. The van der Waals surface area contributed by atoms with Crippen LogP contribution in [0.25, 0.3) is 0 Å². The van der Waals surface area contributed by atoms with Crippen molar-refractivity contribution in [3.8, 4) is 0 Å². The first-order chi connectivity index (χ1) is 12.0. The molecule has 0 radical (unpaired) electrons. The van der Waals surface area contributed by atoms with Gasteiger partial charge >= 0.3 is 5.97 Å². The van der Waals surface area contributed by atoms with Gasteiger partial charge in [-0.1, -0.05) is 0 Å². The lowest BCUT2D eigenvalue weighted by Gasteiger charge is -2.21. The Balaban J connectivity index is 2.74. The highest BCUT2D eigenvalue weighted by atomic mass is 16.4. The molecule has 0 spiro atoms.